The van der Waals surface area contributed by atoms with Crippen molar-refractivity contribution in [2.24, 2.45) is 0 Å². The second-order valence-electron chi connectivity index (χ2n) is 5.11. The van der Waals surface area contributed by atoms with Crippen LogP contribution in [0.2, 0.25) is 0 Å². The molecule has 0 radical (unpaired) electrons. The highest BCUT2D eigenvalue weighted by atomic mass is 14.9. The van der Waals surface area contributed by atoms with Gasteiger partial charge in [-0.2, -0.15) is 0 Å². The molecule has 0 heterocycles. The van der Waals surface area contributed by atoms with Crippen molar-refractivity contribution in [2.45, 2.75) is 51.4 Å². The van der Waals surface area contributed by atoms with Crippen molar-refractivity contribution in [2.75, 3.05) is 17.6 Å². The van der Waals surface area contributed by atoms with Gasteiger partial charge in [-0.05, 0) is 42.9 Å². The molecule has 0 saturated heterocycles. The van der Waals surface area contributed by atoms with Crippen LogP contribution < -0.4 is 11.1 Å². The molecule has 1 fully saturated rings. The second-order valence-corrected chi connectivity index (χ2v) is 5.11. The minimum Gasteiger partial charge on any atom is -0.397 e. The monoisotopic (exact) mass is 232 g/mol. The molecule has 0 unspecified atom stereocenters. The third-order valence-electron chi connectivity index (χ3n) is 3.72. The van der Waals surface area contributed by atoms with E-state index in [1.165, 1.54) is 37.7 Å². The number of hydrogen-bond acceptors (Lipinski definition) is 2. The molecule has 0 aliphatic heterocycles. The minimum atomic E-state index is 0.742. The number of anilines is 2. The van der Waals surface area contributed by atoms with E-state index < -0.39 is 0 Å². The van der Waals surface area contributed by atoms with Gasteiger partial charge >= 0.3 is 0 Å². The van der Waals surface area contributed by atoms with Gasteiger partial charge in [-0.25, -0.2) is 0 Å². The van der Waals surface area contributed by atoms with E-state index in [0.717, 1.165) is 30.3 Å². The first kappa shape index (κ1) is 12.3. The highest BCUT2D eigenvalue weighted by Gasteiger charge is 2.16. The van der Waals surface area contributed by atoms with Crippen LogP contribution in [0.4, 0.5) is 11.4 Å². The van der Waals surface area contributed by atoms with Crippen LogP contribution in [0, 0.1) is 0 Å². The fourth-order valence-electron chi connectivity index (χ4n) is 2.69. The third kappa shape index (κ3) is 3.15. The number of nitrogens with one attached hydrogen (secondary N) is 1. The summed E-state index contributed by atoms with van der Waals surface area (Å²) in [5, 5.41) is 3.37. The van der Waals surface area contributed by atoms with Gasteiger partial charge in [0.25, 0.3) is 0 Å². The molecule has 0 aromatic heterocycles. The van der Waals surface area contributed by atoms with Gasteiger partial charge in [-0.1, -0.05) is 32.3 Å². The first-order chi connectivity index (χ1) is 8.31. The first-order valence-corrected chi connectivity index (χ1v) is 6.94. The summed E-state index contributed by atoms with van der Waals surface area (Å²) in [6, 6.07) is 6.58. The number of hydrogen-bond donors (Lipinski definition) is 2. The fourth-order valence-corrected chi connectivity index (χ4v) is 2.69. The summed E-state index contributed by atoms with van der Waals surface area (Å²) in [7, 11) is 0. The summed E-state index contributed by atoms with van der Waals surface area (Å²) in [5.41, 5.74) is 9.53. The van der Waals surface area contributed by atoms with Crippen molar-refractivity contribution in [1.29, 1.82) is 0 Å². The summed E-state index contributed by atoms with van der Waals surface area (Å²) in [6.45, 7) is 3.16. The Labute approximate surface area is 105 Å². The molecule has 0 bridgehead atoms. The number of nitrogens with two attached hydrogens (primary N) is 1. The van der Waals surface area contributed by atoms with Crippen LogP contribution >= 0.6 is 0 Å². The lowest BCUT2D eigenvalue weighted by Gasteiger charge is -2.22. The van der Waals surface area contributed by atoms with E-state index in [1.54, 1.807) is 0 Å². The van der Waals surface area contributed by atoms with Crippen molar-refractivity contribution in [3.8, 4) is 0 Å². The van der Waals surface area contributed by atoms with Gasteiger partial charge in [0.1, 0.15) is 0 Å². The first-order valence-electron chi connectivity index (χ1n) is 6.94. The van der Waals surface area contributed by atoms with Gasteiger partial charge in [0.15, 0.2) is 0 Å². The summed E-state index contributed by atoms with van der Waals surface area (Å²) >= 11 is 0. The molecule has 1 saturated carbocycles. The molecule has 0 spiro atoms. The van der Waals surface area contributed by atoms with E-state index in [0.29, 0.717) is 0 Å². The molecule has 94 valence electrons. The summed E-state index contributed by atoms with van der Waals surface area (Å²) in [6.07, 6.45) is 7.95. The molecule has 1 aliphatic rings. The Bertz CT molecular complexity index is 354. The Hall–Kier alpha value is -1.18. The SMILES string of the molecule is CCCNc1ccc(C2CCCCC2)cc1N. The zero-order valence-corrected chi connectivity index (χ0v) is 10.8. The van der Waals surface area contributed by atoms with Crippen LogP contribution in [0.5, 0.6) is 0 Å². The number of benzene rings is 1. The van der Waals surface area contributed by atoms with Crippen LogP contribution in [-0.4, -0.2) is 6.54 Å². The van der Waals surface area contributed by atoms with Gasteiger partial charge in [0, 0.05) is 6.54 Å². The molecule has 2 nitrogen and oxygen atoms in total. The lowest BCUT2D eigenvalue weighted by atomic mass is 9.84. The minimum absolute atomic E-state index is 0.742. The molecule has 0 amide bonds. The van der Waals surface area contributed by atoms with E-state index in [2.05, 4.69) is 30.4 Å². The van der Waals surface area contributed by atoms with Gasteiger partial charge in [0.05, 0.1) is 11.4 Å². The molecule has 1 aromatic carbocycles. The highest BCUT2D eigenvalue weighted by Crippen LogP contribution is 2.34. The van der Waals surface area contributed by atoms with Gasteiger partial charge < -0.3 is 11.1 Å². The lowest BCUT2D eigenvalue weighted by Crippen LogP contribution is -2.07. The van der Waals surface area contributed by atoms with E-state index >= 15 is 0 Å². The number of nitrogen functional groups attached to an aromatic ring is 1. The average molecular weight is 232 g/mol. The predicted molar refractivity (Wildman–Crippen MR) is 75.5 cm³/mol. The van der Waals surface area contributed by atoms with Gasteiger partial charge in [0.2, 0.25) is 0 Å². The zero-order valence-electron chi connectivity index (χ0n) is 10.8. The maximum atomic E-state index is 6.11. The maximum absolute atomic E-state index is 6.11. The molecule has 0 atom stereocenters. The smallest absolute Gasteiger partial charge is 0.0574 e. The van der Waals surface area contributed by atoms with Crippen molar-refractivity contribution in [3.63, 3.8) is 0 Å². The van der Waals surface area contributed by atoms with Crippen LogP contribution in [0.15, 0.2) is 18.2 Å². The average Bonchev–Trinajstić information content (AvgIpc) is 2.38. The van der Waals surface area contributed by atoms with Crippen LogP contribution in [0.3, 0.4) is 0 Å². The molecule has 1 aliphatic carbocycles. The van der Waals surface area contributed by atoms with E-state index in [4.69, 9.17) is 5.73 Å². The molecular formula is C15H24N2. The third-order valence-corrected chi connectivity index (χ3v) is 3.72. The van der Waals surface area contributed by atoms with Crippen molar-refractivity contribution >= 4 is 11.4 Å². The quantitative estimate of drug-likeness (QED) is 0.766. The number of rotatable bonds is 4. The summed E-state index contributed by atoms with van der Waals surface area (Å²) in [4.78, 5) is 0. The Kier molecular flexibility index (Phi) is 4.29. The Balaban J connectivity index is 2.06. The van der Waals surface area contributed by atoms with E-state index in [-0.39, 0.29) is 0 Å². The summed E-state index contributed by atoms with van der Waals surface area (Å²) in [5.74, 6) is 0.742. The molecule has 2 heteroatoms. The Morgan fingerprint density at radius 2 is 2.00 bits per heavy atom. The molecule has 2 rings (SSSR count). The maximum Gasteiger partial charge on any atom is 0.0574 e. The fraction of sp³-hybridized carbons (Fsp3) is 0.600. The second kappa shape index (κ2) is 5.95. The van der Waals surface area contributed by atoms with E-state index in [9.17, 15) is 0 Å². The molecule has 17 heavy (non-hydrogen) atoms. The normalized spacial score (nSPS) is 17.0. The predicted octanol–water partition coefficient (Wildman–Crippen LogP) is 4.14. The topological polar surface area (TPSA) is 38.0 Å². The van der Waals surface area contributed by atoms with Gasteiger partial charge in [-0.15, -0.1) is 0 Å². The Morgan fingerprint density at radius 1 is 1.24 bits per heavy atom. The van der Waals surface area contributed by atoms with Crippen molar-refractivity contribution < 1.29 is 0 Å². The molecule has 1 aromatic rings. The largest absolute Gasteiger partial charge is 0.397 e. The van der Waals surface area contributed by atoms with Crippen molar-refractivity contribution in [1.82, 2.24) is 0 Å². The van der Waals surface area contributed by atoms with Crippen molar-refractivity contribution in [3.05, 3.63) is 23.8 Å². The van der Waals surface area contributed by atoms with Crippen LogP contribution in [-0.2, 0) is 0 Å². The standard InChI is InChI=1S/C15H24N2/c1-2-10-17-15-9-8-13(11-14(15)16)12-6-4-3-5-7-12/h8-9,11-12,17H,2-7,10,16H2,1H3. The van der Waals surface area contributed by atoms with Crippen LogP contribution in [0.1, 0.15) is 56.9 Å². The molecule has 3 N–H and O–H groups in total. The zero-order chi connectivity index (χ0) is 12.1. The van der Waals surface area contributed by atoms with E-state index in [1.807, 2.05) is 0 Å². The summed E-state index contributed by atoms with van der Waals surface area (Å²) < 4.78 is 0. The van der Waals surface area contributed by atoms with Crippen LogP contribution in [0.25, 0.3) is 0 Å². The molecular weight excluding hydrogens is 208 g/mol. The van der Waals surface area contributed by atoms with Gasteiger partial charge in [-0.3, -0.25) is 0 Å². The lowest BCUT2D eigenvalue weighted by molar-refractivity contribution is 0.444. The Morgan fingerprint density at radius 3 is 2.65 bits per heavy atom. The highest BCUT2D eigenvalue weighted by molar-refractivity contribution is 5.67.